The van der Waals surface area contributed by atoms with E-state index in [9.17, 15) is 0 Å². The van der Waals surface area contributed by atoms with Crippen molar-refractivity contribution in [3.63, 3.8) is 0 Å². The Kier molecular flexibility index (Phi) is 3.54. The van der Waals surface area contributed by atoms with Crippen molar-refractivity contribution in [3.8, 4) is 5.75 Å². The molecule has 0 saturated heterocycles. The monoisotopic (exact) mass is 223 g/mol. The molecular weight excluding hydrogens is 206 g/mol. The molecule has 82 valence electrons. The molecular formula is C12H17NOS. The molecule has 1 atom stereocenters. The van der Waals surface area contributed by atoms with Crippen LogP contribution >= 0.6 is 11.8 Å². The highest BCUT2D eigenvalue weighted by Gasteiger charge is 2.20. The first kappa shape index (κ1) is 10.8. The molecule has 1 heterocycles. The van der Waals surface area contributed by atoms with Gasteiger partial charge in [0, 0.05) is 10.9 Å². The Hall–Kier alpha value is -0.670. The number of ether oxygens (including phenoxy) is 1. The van der Waals surface area contributed by atoms with Gasteiger partial charge in [-0.05, 0) is 42.5 Å². The second-order valence-electron chi connectivity index (χ2n) is 3.65. The van der Waals surface area contributed by atoms with Crippen LogP contribution in [0.1, 0.15) is 24.9 Å². The summed E-state index contributed by atoms with van der Waals surface area (Å²) in [6.45, 7) is 3.17. The van der Waals surface area contributed by atoms with E-state index in [0.717, 1.165) is 12.3 Å². The van der Waals surface area contributed by atoms with E-state index in [1.54, 1.807) is 7.11 Å². The van der Waals surface area contributed by atoms with Gasteiger partial charge in [-0.1, -0.05) is 6.92 Å². The lowest BCUT2D eigenvalue weighted by atomic mass is 10.0. The lowest BCUT2D eigenvalue weighted by Gasteiger charge is -2.26. The fourth-order valence-electron chi connectivity index (χ4n) is 1.96. The Labute approximate surface area is 95.4 Å². The van der Waals surface area contributed by atoms with Gasteiger partial charge in [-0.2, -0.15) is 0 Å². The molecule has 2 nitrogen and oxygen atoms in total. The van der Waals surface area contributed by atoms with Crippen LogP contribution in [-0.2, 0) is 0 Å². The lowest BCUT2D eigenvalue weighted by Crippen LogP contribution is -2.24. The molecule has 1 aliphatic heterocycles. The number of nitrogens with one attached hydrogen (secondary N) is 1. The normalized spacial score (nSPS) is 19.7. The zero-order valence-electron chi connectivity index (χ0n) is 9.25. The predicted molar refractivity (Wildman–Crippen MR) is 64.8 cm³/mol. The molecule has 0 saturated carbocycles. The number of methoxy groups -OCH3 is 1. The first-order valence-electron chi connectivity index (χ1n) is 5.39. The third-order valence-electron chi connectivity index (χ3n) is 2.71. The SMILES string of the molecule is CCNC1CCSc2ccc(OC)cc21. The molecule has 1 unspecified atom stereocenters. The molecule has 0 amide bonds. The maximum Gasteiger partial charge on any atom is 0.119 e. The van der Waals surface area contributed by atoms with Gasteiger partial charge < -0.3 is 10.1 Å². The Morgan fingerprint density at radius 2 is 2.40 bits per heavy atom. The molecule has 1 aromatic rings. The summed E-state index contributed by atoms with van der Waals surface area (Å²) in [5, 5.41) is 3.52. The molecule has 0 bridgehead atoms. The van der Waals surface area contributed by atoms with Gasteiger partial charge in [0.05, 0.1) is 7.11 Å². The van der Waals surface area contributed by atoms with E-state index in [-0.39, 0.29) is 0 Å². The third-order valence-corrected chi connectivity index (χ3v) is 3.83. The van der Waals surface area contributed by atoms with E-state index in [2.05, 4.69) is 24.4 Å². The molecule has 3 heteroatoms. The largest absolute Gasteiger partial charge is 0.497 e. The van der Waals surface area contributed by atoms with Crippen molar-refractivity contribution in [2.75, 3.05) is 19.4 Å². The second kappa shape index (κ2) is 4.90. The van der Waals surface area contributed by atoms with Crippen LogP contribution in [0.2, 0.25) is 0 Å². The smallest absolute Gasteiger partial charge is 0.119 e. The molecule has 0 aliphatic carbocycles. The molecule has 15 heavy (non-hydrogen) atoms. The lowest BCUT2D eigenvalue weighted by molar-refractivity contribution is 0.411. The zero-order chi connectivity index (χ0) is 10.7. The number of rotatable bonds is 3. The van der Waals surface area contributed by atoms with Crippen molar-refractivity contribution in [2.24, 2.45) is 0 Å². The molecule has 1 N–H and O–H groups in total. The van der Waals surface area contributed by atoms with Crippen LogP contribution in [0.3, 0.4) is 0 Å². The number of hydrogen-bond donors (Lipinski definition) is 1. The van der Waals surface area contributed by atoms with Crippen LogP contribution in [0.4, 0.5) is 0 Å². The van der Waals surface area contributed by atoms with Crippen LogP contribution in [0.15, 0.2) is 23.1 Å². The Morgan fingerprint density at radius 1 is 1.53 bits per heavy atom. The highest BCUT2D eigenvalue weighted by atomic mass is 32.2. The second-order valence-corrected chi connectivity index (χ2v) is 4.79. The average Bonchev–Trinajstić information content (AvgIpc) is 2.29. The number of fused-ring (bicyclic) bond motifs is 1. The quantitative estimate of drug-likeness (QED) is 0.851. The summed E-state index contributed by atoms with van der Waals surface area (Å²) in [4.78, 5) is 1.40. The van der Waals surface area contributed by atoms with Crippen molar-refractivity contribution in [2.45, 2.75) is 24.3 Å². The molecule has 1 aliphatic rings. The fourth-order valence-corrected chi connectivity index (χ4v) is 3.06. The summed E-state index contributed by atoms with van der Waals surface area (Å²) in [6, 6.07) is 6.87. The van der Waals surface area contributed by atoms with Crippen molar-refractivity contribution in [1.29, 1.82) is 0 Å². The zero-order valence-corrected chi connectivity index (χ0v) is 10.1. The van der Waals surface area contributed by atoms with Crippen LogP contribution in [-0.4, -0.2) is 19.4 Å². The van der Waals surface area contributed by atoms with Gasteiger partial charge in [0.1, 0.15) is 5.75 Å². The van der Waals surface area contributed by atoms with Gasteiger partial charge in [-0.3, -0.25) is 0 Å². The molecule has 0 spiro atoms. The Morgan fingerprint density at radius 3 is 3.13 bits per heavy atom. The Bertz CT molecular complexity index is 340. The first-order chi connectivity index (χ1) is 7.35. The topological polar surface area (TPSA) is 21.3 Å². The minimum atomic E-state index is 0.501. The van der Waals surface area contributed by atoms with Crippen LogP contribution in [0, 0.1) is 0 Å². The highest BCUT2D eigenvalue weighted by Crippen LogP contribution is 2.37. The summed E-state index contributed by atoms with van der Waals surface area (Å²) < 4.78 is 5.27. The molecule has 2 rings (SSSR count). The van der Waals surface area contributed by atoms with E-state index < -0.39 is 0 Å². The standard InChI is InChI=1S/C12H17NOS/c1-3-13-11-6-7-15-12-5-4-9(14-2)8-10(11)12/h4-5,8,11,13H,3,6-7H2,1-2H3. The van der Waals surface area contributed by atoms with Gasteiger partial charge in [-0.25, -0.2) is 0 Å². The van der Waals surface area contributed by atoms with Gasteiger partial charge in [0.2, 0.25) is 0 Å². The van der Waals surface area contributed by atoms with Crippen molar-refractivity contribution < 1.29 is 4.74 Å². The first-order valence-corrected chi connectivity index (χ1v) is 6.38. The Balaban J connectivity index is 2.30. The van der Waals surface area contributed by atoms with Gasteiger partial charge in [0.15, 0.2) is 0 Å². The third kappa shape index (κ3) is 2.29. The van der Waals surface area contributed by atoms with E-state index in [1.165, 1.54) is 22.6 Å². The summed E-state index contributed by atoms with van der Waals surface area (Å²) in [5.74, 6) is 2.16. The summed E-state index contributed by atoms with van der Waals surface area (Å²) in [5.41, 5.74) is 1.40. The summed E-state index contributed by atoms with van der Waals surface area (Å²) in [7, 11) is 1.72. The van der Waals surface area contributed by atoms with Crippen LogP contribution in [0.25, 0.3) is 0 Å². The number of hydrogen-bond acceptors (Lipinski definition) is 3. The minimum absolute atomic E-state index is 0.501. The van der Waals surface area contributed by atoms with Crippen molar-refractivity contribution in [1.82, 2.24) is 5.32 Å². The number of benzene rings is 1. The van der Waals surface area contributed by atoms with Crippen LogP contribution < -0.4 is 10.1 Å². The van der Waals surface area contributed by atoms with Crippen molar-refractivity contribution >= 4 is 11.8 Å². The highest BCUT2D eigenvalue weighted by molar-refractivity contribution is 7.99. The molecule has 1 aromatic carbocycles. The molecule has 0 fully saturated rings. The van der Waals surface area contributed by atoms with E-state index >= 15 is 0 Å². The average molecular weight is 223 g/mol. The maximum atomic E-state index is 5.27. The summed E-state index contributed by atoms with van der Waals surface area (Å²) >= 11 is 1.94. The van der Waals surface area contributed by atoms with E-state index in [1.807, 2.05) is 17.8 Å². The maximum absolute atomic E-state index is 5.27. The minimum Gasteiger partial charge on any atom is -0.497 e. The van der Waals surface area contributed by atoms with Gasteiger partial charge in [-0.15, -0.1) is 11.8 Å². The molecule has 0 radical (unpaired) electrons. The fraction of sp³-hybridized carbons (Fsp3) is 0.500. The predicted octanol–water partition coefficient (Wildman–Crippen LogP) is 2.84. The van der Waals surface area contributed by atoms with Gasteiger partial charge in [0.25, 0.3) is 0 Å². The number of thioether (sulfide) groups is 1. The van der Waals surface area contributed by atoms with E-state index in [0.29, 0.717) is 6.04 Å². The van der Waals surface area contributed by atoms with Crippen LogP contribution in [0.5, 0.6) is 5.75 Å². The van der Waals surface area contributed by atoms with Crippen molar-refractivity contribution in [3.05, 3.63) is 23.8 Å². The van der Waals surface area contributed by atoms with E-state index in [4.69, 9.17) is 4.74 Å². The summed E-state index contributed by atoms with van der Waals surface area (Å²) in [6.07, 6.45) is 1.21. The van der Waals surface area contributed by atoms with Gasteiger partial charge >= 0.3 is 0 Å². The molecule has 0 aromatic heterocycles.